The zero-order valence-corrected chi connectivity index (χ0v) is 20.9. The molecule has 230 valence electrons. The standard InChI is InChI=1S/C20F21.Ga/c21-3-1-2-4(10(23)9(3)22)8(16(30,31)18(34,35)20(39,40)41)6-5(11(24)13(26)14(27)12(6)25)7(2)15(28,29)17(32,33)19(36,37)38;. The molecule has 0 saturated heterocycles. The Kier molecular flexibility index (Phi) is 7.59. The van der Waals surface area contributed by atoms with Gasteiger partial charge in [-0.05, 0) is 0 Å². The Bertz CT molecular complexity index is 1430. The van der Waals surface area contributed by atoms with Gasteiger partial charge in [0.1, 0.15) is 0 Å². The molecule has 0 saturated carbocycles. The predicted octanol–water partition coefficient (Wildman–Crippen LogP) is 8.34. The zero-order valence-electron chi connectivity index (χ0n) is 18.5. The predicted molar refractivity (Wildman–Crippen MR) is 96.3 cm³/mol. The van der Waals surface area contributed by atoms with E-state index in [0.29, 0.717) is 0 Å². The van der Waals surface area contributed by atoms with Crippen LogP contribution < -0.4 is 4.12 Å². The van der Waals surface area contributed by atoms with Crippen LogP contribution >= 0.6 is 0 Å². The van der Waals surface area contributed by atoms with Gasteiger partial charge in [0.25, 0.3) is 0 Å². The van der Waals surface area contributed by atoms with E-state index >= 15 is 8.78 Å². The van der Waals surface area contributed by atoms with Crippen LogP contribution in [0.4, 0.5) is 92.2 Å². The van der Waals surface area contributed by atoms with Crippen LogP contribution in [0.5, 0.6) is 0 Å². The fraction of sp³-hybridized carbons (Fsp3) is 0.300. The number of fused-ring (bicyclic) bond motifs is 2. The normalized spacial score (nSPS) is 14.4. The van der Waals surface area contributed by atoms with Crippen molar-refractivity contribution in [1.82, 2.24) is 0 Å². The van der Waals surface area contributed by atoms with Gasteiger partial charge in [-0.25, -0.2) is 0 Å². The van der Waals surface area contributed by atoms with E-state index in [9.17, 15) is 83.4 Å². The van der Waals surface area contributed by atoms with Crippen LogP contribution in [0.2, 0.25) is 0 Å². The molecule has 42 heavy (non-hydrogen) atoms. The molecule has 0 aliphatic rings. The van der Waals surface area contributed by atoms with Crippen LogP contribution in [0.25, 0.3) is 21.5 Å². The molecule has 0 aliphatic heterocycles. The van der Waals surface area contributed by atoms with Gasteiger partial charge < -0.3 is 0 Å². The van der Waals surface area contributed by atoms with E-state index in [1.165, 1.54) is 0 Å². The molecule has 0 spiro atoms. The molecule has 3 aromatic carbocycles. The molecule has 0 heterocycles. The quantitative estimate of drug-likeness (QED) is 0.0841. The third kappa shape index (κ3) is 4.13. The first-order valence-electron chi connectivity index (χ1n) is 9.76. The van der Waals surface area contributed by atoms with Gasteiger partial charge in [0, 0.05) is 0 Å². The monoisotopic (exact) mass is 708 g/mol. The van der Waals surface area contributed by atoms with Crippen molar-refractivity contribution in [3.8, 4) is 0 Å². The third-order valence-corrected chi connectivity index (χ3v) is 6.89. The van der Waals surface area contributed by atoms with Crippen molar-refractivity contribution < 1.29 is 92.2 Å². The molecule has 3 rings (SSSR count). The molecule has 0 fully saturated rings. The molecular weight excluding hydrogens is 709 g/mol. The van der Waals surface area contributed by atoms with E-state index in [0.717, 1.165) is 0 Å². The zero-order chi connectivity index (χ0) is 33.1. The van der Waals surface area contributed by atoms with Gasteiger partial charge in [-0.15, -0.1) is 0 Å². The van der Waals surface area contributed by atoms with E-state index in [1.807, 2.05) is 0 Å². The first-order valence-corrected chi connectivity index (χ1v) is 11.0. The van der Waals surface area contributed by atoms with Crippen LogP contribution in [0.3, 0.4) is 0 Å². The van der Waals surface area contributed by atoms with Crippen molar-refractivity contribution in [1.29, 1.82) is 0 Å². The summed E-state index contributed by atoms with van der Waals surface area (Å²) in [5.74, 6) is -54.5. The Morgan fingerprint density at radius 3 is 0.857 bits per heavy atom. The fourth-order valence-electron chi connectivity index (χ4n) is 3.82. The summed E-state index contributed by atoms with van der Waals surface area (Å²) in [5.41, 5.74) is -7.65. The molecule has 0 aliphatic carbocycles. The Labute approximate surface area is 225 Å². The Morgan fingerprint density at radius 1 is 0.333 bits per heavy atom. The number of alkyl halides is 14. The van der Waals surface area contributed by atoms with E-state index < -0.39 is 132 Å². The molecule has 0 amide bonds. The molecule has 0 bridgehead atoms. The van der Waals surface area contributed by atoms with Gasteiger partial charge in [-0.2, -0.15) is 0 Å². The average Bonchev–Trinajstić information content (AvgIpc) is 2.84. The van der Waals surface area contributed by atoms with Crippen LogP contribution in [-0.4, -0.2) is 42.8 Å². The number of halogens is 21. The van der Waals surface area contributed by atoms with Crippen molar-refractivity contribution >= 4 is 44.3 Å². The van der Waals surface area contributed by atoms with Crippen molar-refractivity contribution in [2.45, 2.75) is 36.0 Å². The van der Waals surface area contributed by atoms with Crippen LogP contribution in [-0.2, 0) is 11.8 Å². The van der Waals surface area contributed by atoms with Gasteiger partial charge >= 0.3 is 224 Å². The van der Waals surface area contributed by atoms with Crippen LogP contribution in [0.1, 0.15) is 11.1 Å². The third-order valence-electron chi connectivity index (χ3n) is 5.76. The van der Waals surface area contributed by atoms with Crippen LogP contribution in [0, 0.1) is 40.7 Å². The fourth-order valence-corrected chi connectivity index (χ4v) is 4.69. The summed E-state index contributed by atoms with van der Waals surface area (Å²) in [6.45, 7) is 0. The Hall–Kier alpha value is -2.65. The minimum atomic E-state index is -7.70. The summed E-state index contributed by atoms with van der Waals surface area (Å²) >= 11 is -0.891. The molecular formula is C20F21Ga. The van der Waals surface area contributed by atoms with Gasteiger partial charge in [0.2, 0.25) is 0 Å². The van der Waals surface area contributed by atoms with E-state index in [1.54, 1.807) is 0 Å². The molecule has 22 heteroatoms. The maximum atomic E-state index is 15.0. The van der Waals surface area contributed by atoms with Crippen molar-refractivity contribution in [3.63, 3.8) is 0 Å². The Morgan fingerprint density at radius 2 is 0.571 bits per heavy atom. The van der Waals surface area contributed by atoms with Crippen molar-refractivity contribution in [2.75, 3.05) is 0 Å². The second-order valence-electron chi connectivity index (χ2n) is 8.15. The summed E-state index contributed by atoms with van der Waals surface area (Å²) in [4.78, 5) is 0. The topological polar surface area (TPSA) is 0 Å². The number of hydrogen-bond acceptors (Lipinski definition) is 0. The molecule has 0 unspecified atom stereocenters. The van der Waals surface area contributed by atoms with Crippen LogP contribution in [0.15, 0.2) is 0 Å². The van der Waals surface area contributed by atoms with E-state index in [2.05, 4.69) is 0 Å². The second kappa shape index (κ2) is 9.42. The minimum absolute atomic E-state index is 0.891. The first-order chi connectivity index (χ1) is 18.5. The number of hydrogen-bond donors (Lipinski definition) is 0. The second-order valence-corrected chi connectivity index (χ2v) is 9.37. The number of benzene rings is 3. The number of rotatable bonds is 4. The van der Waals surface area contributed by atoms with E-state index in [-0.39, 0.29) is 0 Å². The summed E-state index contributed by atoms with van der Waals surface area (Å²) < 4.78 is 292. The SMILES string of the molecule is Fc1c(F)c(F)c2c(C(F)(F)C(F)(F)C(F)(F)F)c3[c]([Ga])c(F)c(F)c(F)c3c(C(F)(F)C(F)(F)C(F)(F)F)c2c1F. The van der Waals surface area contributed by atoms with Crippen molar-refractivity contribution in [3.05, 3.63) is 51.8 Å². The molecule has 0 nitrogen and oxygen atoms in total. The summed E-state index contributed by atoms with van der Waals surface area (Å²) in [5, 5.41) is -13.5. The van der Waals surface area contributed by atoms with Gasteiger partial charge in [0.15, 0.2) is 0 Å². The summed E-state index contributed by atoms with van der Waals surface area (Å²) in [6.07, 6.45) is -15.1. The Balaban J connectivity index is 3.03. The molecule has 3 aromatic rings. The molecule has 0 N–H and O–H groups in total. The van der Waals surface area contributed by atoms with Gasteiger partial charge in [0.05, 0.1) is 0 Å². The summed E-state index contributed by atoms with van der Waals surface area (Å²) in [7, 11) is 0. The first kappa shape index (κ1) is 33.8. The van der Waals surface area contributed by atoms with Crippen molar-refractivity contribution in [2.24, 2.45) is 0 Å². The molecule has 2 radical (unpaired) electrons. The maximum absolute atomic E-state index is 15.0. The molecule has 0 aromatic heterocycles. The molecule has 0 atom stereocenters. The summed E-state index contributed by atoms with van der Waals surface area (Å²) in [6, 6.07) is 0. The van der Waals surface area contributed by atoms with E-state index in [4.69, 9.17) is 0 Å². The average molecular weight is 709 g/mol. The van der Waals surface area contributed by atoms with Gasteiger partial charge in [-0.1, -0.05) is 0 Å². The van der Waals surface area contributed by atoms with Gasteiger partial charge in [-0.3, -0.25) is 0 Å².